The van der Waals surface area contributed by atoms with Crippen molar-refractivity contribution in [3.05, 3.63) is 80.8 Å². The van der Waals surface area contributed by atoms with Gasteiger partial charge in [0.25, 0.3) is 0 Å². The molecule has 222 valence electrons. The fourth-order valence-electron chi connectivity index (χ4n) is 10.7. The molecule has 0 heterocycles. The lowest BCUT2D eigenvalue weighted by Gasteiger charge is -2.55. The van der Waals surface area contributed by atoms with Gasteiger partial charge in [0.2, 0.25) is 0 Å². The normalized spacial score (nSPS) is 38.5. The molecular weight excluding hydrogens is 648 g/mol. The van der Waals surface area contributed by atoms with Crippen molar-refractivity contribution < 1.29 is 9.59 Å². The minimum absolute atomic E-state index is 0.124. The van der Waals surface area contributed by atoms with Crippen molar-refractivity contribution in [3.8, 4) is 0 Å². The van der Waals surface area contributed by atoms with E-state index >= 15 is 9.59 Å². The zero-order valence-electron chi connectivity index (χ0n) is 25.9. The molecule has 2 nitrogen and oxygen atoms in total. The maximum Gasteiger partial charge on any atom is 0.147 e. The van der Waals surface area contributed by atoms with Crippen LogP contribution in [0.1, 0.15) is 91.2 Å². The molecule has 0 N–H and O–H groups in total. The van der Waals surface area contributed by atoms with Crippen LogP contribution in [0, 0.1) is 44.3 Å². The van der Waals surface area contributed by atoms with Gasteiger partial charge in [-0.3, -0.25) is 9.59 Å². The SMILES string of the molecule is CC1(C)[C@H]2CC[C@@]1(C)C(=O)[C@]2(C/C(Br)=C\c1ccccc1)[C@]1(C/C(Br)=C/c2ccccc2)C(=O)[C@@]2(C)CC[C@H]1C2(C)C. The lowest BCUT2D eigenvalue weighted by Crippen LogP contribution is -2.60. The second-order valence-electron chi connectivity index (χ2n) is 15.2. The molecule has 0 aromatic heterocycles. The number of halogens is 2. The molecule has 0 radical (unpaired) electrons. The molecule has 4 aliphatic carbocycles. The van der Waals surface area contributed by atoms with Crippen LogP contribution in [-0.2, 0) is 9.59 Å². The molecular formula is C38H44Br2O2. The molecule has 0 aliphatic heterocycles. The Labute approximate surface area is 269 Å². The quantitative estimate of drug-likeness (QED) is 0.290. The molecule has 0 unspecified atom stereocenters. The first-order valence-corrected chi connectivity index (χ1v) is 17.2. The zero-order valence-corrected chi connectivity index (χ0v) is 29.1. The van der Waals surface area contributed by atoms with Gasteiger partial charge in [-0.15, -0.1) is 0 Å². The van der Waals surface area contributed by atoms with Crippen LogP contribution in [-0.4, -0.2) is 11.6 Å². The summed E-state index contributed by atoms with van der Waals surface area (Å²) in [5.41, 5.74) is -0.679. The monoisotopic (exact) mass is 690 g/mol. The first-order valence-electron chi connectivity index (χ1n) is 15.6. The smallest absolute Gasteiger partial charge is 0.147 e. The van der Waals surface area contributed by atoms with Gasteiger partial charge < -0.3 is 0 Å². The maximum absolute atomic E-state index is 15.4. The third-order valence-electron chi connectivity index (χ3n) is 13.4. The minimum atomic E-state index is -0.797. The molecule has 4 saturated carbocycles. The largest absolute Gasteiger partial charge is 0.298 e. The number of rotatable bonds is 7. The Kier molecular flexibility index (Phi) is 7.10. The van der Waals surface area contributed by atoms with Crippen molar-refractivity contribution in [2.24, 2.45) is 44.3 Å². The first kappa shape index (κ1) is 30.3. The number of carbonyl (C=O) groups excluding carboxylic acids is 2. The highest BCUT2D eigenvalue weighted by molar-refractivity contribution is 9.12. The van der Waals surface area contributed by atoms with Crippen molar-refractivity contribution in [1.29, 1.82) is 0 Å². The van der Waals surface area contributed by atoms with Crippen LogP contribution in [0.25, 0.3) is 12.2 Å². The van der Waals surface area contributed by atoms with Gasteiger partial charge in [0.1, 0.15) is 11.6 Å². The molecule has 6 atom stereocenters. The number of allylic oxidation sites excluding steroid dienone is 2. The van der Waals surface area contributed by atoms with Gasteiger partial charge in [0, 0.05) is 10.8 Å². The lowest BCUT2D eigenvalue weighted by atomic mass is 9.45. The van der Waals surface area contributed by atoms with E-state index < -0.39 is 21.7 Å². The molecule has 4 heteroatoms. The van der Waals surface area contributed by atoms with E-state index in [1.54, 1.807) is 0 Å². The number of benzene rings is 2. The van der Waals surface area contributed by atoms with Gasteiger partial charge in [-0.1, -0.05) is 134 Å². The summed E-state index contributed by atoms with van der Waals surface area (Å²) in [6.07, 6.45) is 9.24. The molecule has 42 heavy (non-hydrogen) atoms. The summed E-state index contributed by atoms with van der Waals surface area (Å²) in [5, 5.41) is 0. The van der Waals surface area contributed by atoms with Crippen molar-refractivity contribution in [2.75, 3.05) is 0 Å². The fraction of sp³-hybridized carbons (Fsp3) is 0.526. The van der Waals surface area contributed by atoms with Crippen LogP contribution in [0.3, 0.4) is 0 Å². The lowest BCUT2D eigenvalue weighted by molar-refractivity contribution is -0.164. The van der Waals surface area contributed by atoms with Crippen LogP contribution in [0.2, 0.25) is 0 Å². The zero-order chi connectivity index (χ0) is 30.3. The highest BCUT2D eigenvalue weighted by Gasteiger charge is 2.85. The van der Waals surface area contributed by atoms with Gasteiger partial charge in [0.15, 0.2) is 0 Å². The molecule has 0 saturated heterocycles. The Bertz CT molecular complexity index is 1370. The van der Waals surface area contributed by atoms with Crippen LogP contribution < -0.4 is 0 Å². The van der Waals surface area contributed by atoms with Crippen molar-refractivity contribution in [2.45, 2.75) is 80.1 Å². The standard InChI is InChI=1S/C38H44Br2O2/c1-33(2)29-17-19-35(33,5)31(41)37(29,23-27(39)21-25-13-9-7-10-14-25)38(24-28(40)22-26-15-11-8-12-16-26)30-18-20-36(6,32(38)42)34(30,3)4/h7-16,21-22,29-30H,17-20,23-24H2,1-6H3/b27-21-,28-22+/t29-,30+,35+,36-,37-,38+/m0/s1. The topological polar surface area (TPSA) is 34.1 Å². The maximum atomic E-state index is 15.4. The van der Waals surface area contributed by atoms with E-state index in [-0.39, 0.29) is 22.7 Å². The Morgan fingerprint density at radius 1 is 0.643 bits per heavy atom. The van der Waals surface area contributed by atoms with E-state index in [4.69, 9.17) is 0 Å². The van der Waals surface area contributed by atoms with Crippen LogP contribution >= 0.6 is 31.9 Å². The average molecular weight is 693 g/mol. The number of fused-ring (bicyclic) bond motifs is 4. The number of hydrogen-bond donors (Lipinski definition) is 0. The van der Waals surface area contributed by atoms with Crippen LogP contribution in [0.5, 0.6) is 0 Å². The molecule has 4 aliphatic rings. The van der Waals surface area contributed by atoms with Crippen molar-refractivity contribution in [3.63, 3.8) is 0 Å². The Morgan fingerprint density at radius 3 is 1.26 bits per heavy atom. The summed E-state index contributed by atoms with van der Waals surface area (Å²) in [4.78, 5) is 30.9. The minimum Gasteiger partial charge on any atom is -0.298 e. The number of hydrogen-bond acceptors (Lipinski definition) is 2. The van der Waals surface area contributed by atoms with Crippen molar-refractivity contribution >= 4 is 55.6 Å². The third kappa shape index (κ3) is 3.73. The second kappa shape index (κ2) is 9.86. The Hall–Kier alpha value is -1.78. The van der Waals surface area contributed by atoms with Crippen LogP contribution in [0.4, 0.5) is 0 Å². The average Bonchev–Trinajstić information content (AvgIpc) is 3.42. The Morgan fingerprint density at radius 2 is 0.976 bits per heavy atom. The van der Waals surface area contributed by atoms with Gasteiger partial charge >= 0.3 is 0 Å². The third-order valence-corrected chi connectivity index (χ3v) is 14.4. The summed E-state index contributed by atoms with van der Waals surface area (Å²) in [5.74, 6) is 0.905. The molecule has 4 fully saturated rings. The van der Waals surface area contributed by atoms with Crippen molar-refractivity contribution in [1.82, 2.24) is 0 Å². The van der Waals surface area contributed by atoms with Gasteiger partial charge in [-0.05, 0) is 93.4 Å². The van der Waals surface area contributed by atoms with E-state index in [0.29, 0.717) is 24.4 Å². The fourth-order valence-corrected chi connectivity index (χ4v) is 12.1. The molecule has 0 amide bonds. The van der Waals surface area contributed by atoms with Crippen LogP contribution in [0.15, 0.2) is 69.6 Å². The number of carbonyl (C=O) groups is 2. The second-order valence-corrected chi connectivity index (χ2v) is 17.3. The van der Waals surface area contributed by atoms with E-state index in [1.807, 2.05) is 36.4 Å². The summed E-state index contributed by atoms with van der Waals surface area (Å²) in [6, 6.07) is 20.6. The predicted octanol–water partition coefficient (Wildman–Crippen LogP) is 10.7. The summed E-state index contributed by atoms with van der Waals surface area (Å²) in [7, 11) is 0. The summed E-state index contributed by atoms with van der Waals surface area (Å²) >= 11 is 7.98. The molecule has 6 rings (SSSR count). The number of Topliss-reactive ketones (excluding diaryl/α,β-unsaturated/α-hetero) is 2. The van der Waals surface area contributed by atoms with Gasteiger partial charge in [0.05, 0.1) is 10.8 Å². The molecule has 4 bridgehead atoms. The molecule has 2 aromatic carbocycles. The predicted molar refractivity (Wildman–Crippen MR) is 180 cm³/mol. The Balaban J connectivity index is 1.61. The van der Waals surface area contributed by atoms with Gasteiger partial charge in [-0.25, -0.2) is 0 Å². The van der Waals surface area contributed by atoms with E-state index in [9.17, 15) is 0 Å². The first-order chi connectivity index (χ1) is 19.7. The summed E-state index contributed by atoms with van der Waals surface area (Å²) < 4.78 is 2.02. The van der Waals surface area contributed by atoms with E-state index in [2.05, 4.69) is 110 Å². The summed E-state index contributed by atoms with van der Waals surface area (Å²) in [6.45, 7) is 13.7. The highest BCUT2D eigenvalue weighted by Crippen LogP contribution is 2.84. The highest BCUT2D eigenvalue weighted by atomic mass is 79.9. The molecule has 2 aromatic rings. The molecule has 0 spiro atoms. The van der Waals surface area contributed by atoms with E-state index in [0.717, 1.165) is 45.8 Å². The number of ketones is 2. The van der Waals surface area contributed by atoms with Gasteiger partial charge in [-0.2, -0.15) is 0 Å². The van der Waals surface area contributed by atoms with E-state index in [1.165, 1.54) is 0 Å².